The number of epoxide rings is 2. The van der Waals surface area contributed by atoms with E-state index in [1.54, 1.807) is 27.7 Å². The molecular formula is C30H34O13. The third-order valence-corrected chi connectivity index (χ3v) is 13.4. The molecule has 2 spiro atoms. The number of carbonyl (C=O) groups is 4. The highest BCUT2D eigenvalue weighted by Gasteiger charge is 2.97. The normalized spacial score (nSPS) is 61.3. The maximum Gasteiger partial charge on any atom is 0.342 e. The summed E-state index contributed by atoms with van der Waals surface area (Å²) in [6.45, 7) is 12.5. The molecule has 10 aliphatic rings. The van der Waals surface area contributed by atoms with Gasteiger partial charge in [0.15, 0.2) is 12.2 Å². The molecule has 10 fully saturated rings. The number of ether oxygens (including phenoxy) is 6. The molecule has 6 heterocycles. The highest BCUT2D eigenvalue weighted by atomic mass is 16.7. The molecule has 0 amide bonds. The van der Waals surface area contributed by atoms with Gasteiger partial charge in [-0.05, 0) is 34.6 Å². The third kappa shape index (κ3) is 2.29. The molecule has 13 nitrogen and oxygen atoms in total. The Bertz CT molecular complexity index is 1500. The van der Waals surface area contributed by atoms with E-state index in [1.807, 2.05) is 6.92 Å². The maximum absolute atomic E-state index is 12.4. The van der Waals surface area contributed by atoms with E-state index in [-0.39, 0.29) is 24.9 Å². The summed E-state index contributed by atoms with van der Waals surface area (Å²) >= 11 is 0. The van der Waals surface area contributed by atoms with Gasteiger partial charge in [-0.2, -0.15) is 0 Å². The van der Waals surface area contributed by atoms with Crippen LogP contribution in [0.5, 0.6) is 0 Å². The van der Waals surface area contributed by atoms with Crippen molar-refractivity contribution >= 4 is 23.9 Å². The molecule has 232 valence electrons. The smallest absolute Gasteiger partial charge is 0.342 e. The van der Waals surface area contributed by atoms with E-state index in [0.717, 1.165) is 5.57 Å². The Morgan fingerprint density at radius 1 is 0.791 bits per heavy atom. The lowest BCUT2D eigenvalue weighted by atomic mass is 9.52. The number of rotatable bonds is 2. The molecule has 13 heteroatoms. The molecule has 6 aliphatic heterocycles. The molecule has 10 rings (SSSR count). The maximum atomic E-state index is 12.4. The lowest BCUT2D eigenvalue weighted by Gasteiger charge is -2.53. The van der Waals surface area contributed by atoms with Crippen molar-refractivity contribution in [2.24, 2.45) is 34.5 Å². The largest absolute Gasteiger partial charge is 0.458 e. The van der Waals surface area contributed by atoms with Gasteiger partial charge in [0.25, 0.3) is 0 Å². The highest BCUT2D eigenvalue weighted by molar-refractivity contribution is 5.92. The summed E-state index contributed by atoms with van der Waals surface area (Å²) in [6.07, 6.45) is -3.12. The summed E-state index contributed by atoms with van der Waals surface area (Å²) in [5.41, 5.74) is -7.49. The van der Waals surface area contributed by atoms with Crippen LogP contribution in [-0.4, -0.2) is 104 Å². The number of esters is 4. The second-order valence-electron chi connectivity index (χ2n) is 15.3. The van der Waals surface area contributed by atoms with Gasteiger partial charge in [0.2, 0.25) is 11.2 Å². The summed E-state index contributed by atoms with van der Waals surface area (Å²) in [7, 11) is 0. The van der Waals surface area contributed by atoms with Crippen LogP contribution in [-0.2, 0) is 47.6 Å². The minimum Gasteiger partial charge on any atom is -0.458 e. The Morgan fingerprint density at radius 2 is 1.23 bits per heavy atom. The number of hydrogen-bond acceptors (Lipinski definition) is 13. The van der Waals surface area contributed by atoms with Crippen LogP contribution in [0.4, 0.5) is 0 Å². The number of fused-ring (bicyclic) bond motifs is 8. The zero-order valence-electron chi connectivity index (χ0n) is 24.3. The topological polar surface area (TPSA) is 191 Å². The highest BCUT2D eigenvalue weighted by Crippen LogP contribution is 2.78. The zero-order chi connectivity index (χ0) is 30.8. The quantitative estimate of drug-likeness (QED) is 0.152. The van der Waals surface area contributed by atoms with E-state index >= 15 is 0 Å². The lowest BCUT2D eigenvalue weighted by Crippen LogP contribution is -2.68. The summed E-state index contributed by atoms with van der Waals surface area (Å²) in [4.78, 5) is 49.4. The van der Waals surface area contributed by atoms with E-state index in [0.29, 0.717) is 0 Å². The van der Waals surface area contributed by atoms with Crippen LogP contribution in [0, 0.1) is 34.5 Å². The van der Waals surface area contributed by atoms with Crippen LogP contribution in [0.25, 0.3) is 0 Å². The van der Waals surface area contributed by atoms with Crippen molar-refractivity contribution in [3.8, 4) is 0 Å². The van der Waals surface area contributed by atoms with Crippen molar-refractivity contribution in [1.29, 1.82) is 0 Å². The predicted octanol–water partition coefficient (Wildman–Crippen LogP) is -0.929. The molecule has 4 bridgehead atoms. The molecule has 4 saturated carbocycles. The lowest BCUT2D eigenvalue weighted by molar-refractivity contribution is -0.223. The van der Waals surface area contributed by atoms with Gasteiger partial charge in [0.1, 0.15) is 24.4 Å². The Kier molecular flexibility index (Phi) is 4.24. The van der Waals surface area contributed by atoms with Crippen LogP contribution in [0.1, 0.15) is 47.5 Å². The summed E-state index contributed by atoms with van der Waals surface area (Å²) in [5.74, 6) is -4.37. The zero-order valence-corrected chi connectivity index (χ0v) is 24.3. The van der Waals surface area contributed by atoms with Crippen molar-refractivity contribution in [3.05, 3.63) is 12.2 Å². The van der Waals surface area contributed by atoms with Crippen LogP contribution in [0.3, 0.4) is 0 Å². The number of carbonyl (C=O) groups excluding carboxylic acids is 4. The van der Waals surface area contributed by atoms with Crippen molar-refractivity contribution in [1.82, 2.24) is 0 Å². The Morgan fingerprint density at radius 3 is 1.72 bits per heavy atom. The fourth-order valence-electron chi connectivity index (χ4n) is 11.4. The molecule has 0 aromatic rings. The van der Waals surface area contributed by atoms with Gasteiger partial charge in [0.05, 0.1) is 39.5 Å². The van der Waals surface area contributed by atoms with E-state index in [9.17, 15) is 34.5 Å². The third-order valence-electron chi connectivity index (χ3n) is 13.4. The fraction of sp³-hybridized carbons (Fsp3) is 0.800. The van der Waals surface area contributed by atoms with Crippen molar-refractivity contribution in [3.63, 3.8) is 0 Å². The van der Waals surface area contributed by atoms with E-state index < -0.39 is 111 Å². The molecule has 6 saturated heterocycles. The standard InChI is InChI=1S/C15H18O7.C15H16O6/c1-12(2,18)6-7-10(16)20-8(6)9-13(3)14(7,19)4-5-15(13,22-5)11(17)21-9;1-5(2)7-8-11(16)19-9(7)10-13(3)14(8,18)4-6-15(13,21-6)12(17)20-10/h5-9,18-19H,4H2,1-3H3;6-10,18H,1,4H2,2-3H3/t5-,6+,7-,8-,9-,13-,14-,15+;6-,7+,8-,9-,10-,13-,14-,15+/m11/s1. The van der Waals surface area contributed by atoms with Gasteiger partial charge in [-0.3, -0.25) is 9.59 Å². The molecule has 0 unspecified atom stereocenters. The van der Waals surface area contributed by atoms with Gasteiger partial charge in [0, 0.05) is 24.7 Å². The molecule has 16 atom stereocenters. The molecular weight excluding hydrogens is 568 g/mol. The first-order valence-electron chi connectivity index (χ1n) is 14.9. The predicted molar refractivity (Wildman–Crippen MR) is 135 cm³/mol. The van der Waals surface area contributed by atoms with Crippen molar-refractivity contribution < 1.29 is 62.9 Å². The van der Waals surface area contributed by atoms with E-state index in [4.69, 9.17) is 28.4 Å². The average Bonchev–Trinajstić information content (AvgIpc) is 3.58. The van der Waals surface area contributed by atoms with Gasteiger partial charge >= 0.3 is 23.9 Å². The Balaban J connectivity index is 0.000000121. The second-order valence-corrected chi connectivity index (χ2v) is 15.3. The molecule has 0 radical (unpaired) electrons. The van der Waals surface area contributed by atoms with Gasteiger partial charge < -0.3 is 43.7 Å². The summed E-state index contributed by atoms with van der Waals surface area (Å²) in [5, 5.41) is 33.3. The number of aliphatic hydroxyl groups is 3. The first-order chi connectivity index (χ1) is 19.9. The average molecular weight is 603 g/mol. The van der Waals surface area contributed by atoms with Crippen LogP contribution in [0.2, 0.25) is 0 Å². The molecule has 4 aliphatic carbocycles. The molecule has 3 N–H and O–H groups in total. The van der Waals surface area contributed by atoms with E-state index in [1.165, 1.54) is 0 Å². The van der Waals surface area contributed by atoms with Crippen LogP contribution < -0.4 is 0 Å². The Labute approximate surface area is 245 Å². The van der Waals surface area contributed by atoms with Crippen molar-refractivity contribution in [2.75, 3.05) is 0 Å². The minimum absolute atomic E-state index is 0.189. The summed E-state index contributed by atoms with van der Waals surface area (Å²) < 4.78 is 33.2. The van der Waals surface area contributed by atoms with Gasteiger partial charge in [-0.25, -0.2) is 9.59 Å². The number of hydrogen-bond donors (Lipinski definition) is 3. The fourth-order valence-corrected chi connectivity index (χ4v) is 11.4. The SMILES string of the molecule is C=C(C)[C@@H]1[C@H]2OC(=O)[C@@H]1[C@]1(O)C[C@H]3O[C@]34C(=O)O[C@H]2[C@]14C.CC(C)(O)[C@@H]1[C@H]2OC(=O)[C@@H]1[C@]1(O)C[C@H]3O[C@]34C(=O)O[C@H]2[C@]14C. The molecule has 0 aromatic carbocycles. The summed E-state index contributed by atoms with van der Waals surface area (Å²) in [6, 6.07) is 0. The first-order valence-corrected chi connectivity index (χ1v) is 14.9. The minimum atomic E-state index is -1.47. The van der Waals surface area contributed by atoms with Crippen LogP contribution >= 0.6 is 0 Å². The van der Waals surface area contributed by atoms with Crippen LogP contribution in [0.15, 0.2) is 12.2 Å². The van der Waals surface area contributed by atoms with E-state index in [2.05, 4.69) is 6.58 Å². The Hall–Kier alpha value is -2.58. The second kappa shape index (κ2) is 6.81. The van der Waals surface area contributed by atoms with Gasteiger partial charge in [-0.15, -0.1) is 0 Å². The van der Waals surface area contributed by atoms with Crippen molar-refractivity contribution in [2.45, 2.75) is 112 Å². The van der Waals surface area contributed by atoms with Gasteiger partial charge in [-0.1, -0.05) is 12.2 Å². The molecule has 43 heavy (non-hydrogen) atoms. The first kappa shape index (κ1) is 26.8. The molecule has 0 aromatic heterocycles. The monoisotopic (exact) mass is 602 g/mol.